The Hall–Kier alpha value is -9.38. The molecule has 70 heavy (non-hydrogen) atoms. The van der Waals surface area contributed by atoms with Gasteiger partial charge in [0.25, 0.3) is 0 Å². The Morgan fingerprint density at radius 1 is 0.300 bits per heavy atom. The summed E-state index contributed by atoms with van der Waals surface area (Å²) in [4.78, 5) is 10.2. The van der Waals surface area contributed by atoms with Crippen LogP contribution in [0.15, 0.2) is 253 Å². The van der Waals surface area contributed by atoms with Crippen molar-refractivity contribution in [2.45, 2.75) is 0 Å². The predicted molar refractivity (Wildman–Crippen MR) is 290 cm³/mol. The van der Waals surface area contributed by atoms with Crippen LogP contribution in [0.25, 0.3) is 139 Å². The Kier molecular flexibility index (Phi) is 9.17. The topological polar surface area (TPSA) is 43.3 Å². The fourth-order valence-corrected chi connectivity index (χ4v) is 10.7. The maximum atomic E-state index is 6.01. The molecule has 14 rings (SSSR count). The molecule has 326 valence electrons. The van der Waals surface area contributed by atoms with Crippen molar-refractivity contribution in [3.05, 3.63) is 249 Å². The minimum Gasteiger partial charge on any atom is -0.464 e. The summed E-state index contributed by atoms with van der Waals surface area (Å²) in [7, 11) is 0. The summed E-state index contributed by atoms with van der Waals surface area (Å²) in [6.45, 7) is 0. The van der Waals surface area contributed by atoms with E-state index < -0.39 is 0 Å². The molecule has 4 nitrogen and oxygen atoms in total. The highest BCUT2D eigenvalue weighted by Crippen LogP contribution is 2.44. The minimum atomic E-state index is 0.696. The van der Waals surface area contributed by atoms with Gasteiger partial charge < -0.3 is 8.82 Å². The number of aromatic nitrogens is 3. The van der Waals surface area contributed by atoms with E-state index in [1.165, 1.54) is 54.8 Å². The number of furan rings is 1. The highest BCUT2D eigenvalue weighted by Gasteiger charge is 2.21. The van der Waals surface area contributed by atoms with Crippen molar-refractivity contribution in [1.29, 1.82) is 0 Å². The third-order valence-corrected chi connectivity index (χ3v) is 14.0. The summed E-state index contributed by atoms with van der Waals surface area (Å²) < 4.78 is 8.52. The van der Waals surface area contributed by atoms with Crippen molar-refractivity contribution in [2.24, 2.45) is 0 Å². The van der Waals surface area contributed by atoms with E-state index in [0.29, 0.717) is 5.82 Å². The molecule has 0 aliphatic rings. The SMILES string of the molecule is c1ccc(-c2cc(-c3ccccc3)nc(-c3cccc(-c4cccc(-c5cccc(-c6cccc(-c7cccc8c9cccc%10c%11ccc(-c%12cccc%13ccoc%12%13)cc%11n(c78)c%109)c6)c5)c4)c3)n2)cc1. The molecule has 4 aromatic heterocycles. The van der Waals surface area contributed by atoms with Crippen LogP contribution in [0, 0.1) is 0 Å². The van der Waals surface area contributed by atoms with Gasteiger partial charge >= 0.3 is 0 Å². The van der Waals surface area contributed by atoms with E-state index in [0.717, 1.165) is 78.0 Å². The Balaban J connectivity index is 0.827. The fourth-order valence-electron chi connectivity index (χ4n) is 10.7. The van der Waals surface area contributed by atoms with Crippen molar-refractivity contribution in [1.82, 2.24) is 14.4 Å². The van der Waals surface area contributed by atoms with Crippen molar-refractivity contribution < 1.29 is 4.42 Å². The van der Waals surface area contributed by atoms with E-state index in [2.05, 4.69) is 229 Å². The Morgan fingerprint density at radius 2 is 0.757 bits per heavy atom. The van der Waals surface area contributed by atoms with Crippen LogP contribution in [-0.4, -0.2) is 14.4 Å². The van der Waals surface area contributed by atoms with Crippen LogP contribution >= 0.6 is 0 Å². The summed E-state index contributed by atoms with van der Waals surface area (Å²) in [5.74, 6) is 0.696. The minimum absolute atomic E-state index is 0.696. The van der Waals surface area contributed by atoms with Gasteiger partial charge in [0.15, 0.2) is 5.82 Å². The largest absolute Gasteiger partial charge is 0.464 e. The van der Waals surface area contributed by atoms with Gasteiger partial charge in [-0.25, -0.2) is 9.97 Å². The molecule has 0 radical (unpaired) electrons. The molecule has 4 heteroatoms. The second kappa shape index (κ2) is 16.2. The summed E-state index contributed by atoms with van der Waals surface area (Å²) in [6.07, 6.45) is 1.78. The van der Waals surface area contributed by atoms with Gasteiger partial charge in [0, 0.05) is 54.7 Å². The third kappa shape index (κ3) is 6.61. The van der Waals surface area contributed by atoms with Gasteiger partial charge in [0.1, 0.15) is 5.58 Å². The van der Waals surface area contributed by atoms with E-state index in [9.17, 15) is 0 Å². The fraction of sp³-hybridized carbons (Fsp3) is 0. The summed E-state index contributed by atoms with van der Waals surface area (Å²) in [6, 6.07) is 86.9. The summed E-state index contributed by atoms with van der Waals surface area (Å²) in [5.41, 5.74) is 20.9. The van der Waals surface area contributed by atoms with E-state index in [-0.39, 0.29) is 0 Å². The van der Waals surface area contributed by atoms with Crippen molar-refractivity contribution in [3.63, 3.8) is 0 Å². The zero-order chi connectivity index (χ0) is 46.1. The first-order chi connectivity index (χ1) is 34.7. The van der Waals surface area contributed by atoms with Crippen LogP contribution in [0.4, 0.5) is 0 Å². The zero-order valence-electron chi connectivity index (χ0n) is 37.9. The molecule has 0 aliphatic heterocycles. The van der Waals surface area contributed by atoms with Gasteiger partial charge in [-0.3, -0.25) is 0 Å². The second-order valence-corrected chi connectivity index (χ2v) is 18.1. The first-order valence-corrected chi connectivity index (χ1v) is 23.8. The molecule has 0 fully saturated rings. The van der Waals surface area contributed by atoms with Crippen molar-refractivity contribution in [3.8, 4) is 89.5 Å². The molecule has 4 heterocycles. The van der Waals surface area contributed by atoms with Crippen LogP contribution in [-0.2, 0) is 0 Å². The molecule has 0 saturated heterocycles. The van der Waals surface area contributed by atoms with Gasteiger partial charge in [-0.1, -0.05) is 200 Å². The molecular weight excluding hydrogens is 851 g/mol. The Bertz CT molecular complexity index is 4240. The molecule has 0 atom stereocenters. The maximum Gasteiger partial charge on any atom is 0.160 e. The molecule has 10 aromatic carbocycles. The highest BCUT2D eigenvalue weighted by atomic mass is 16.3. The van der Waals surface area contributed by atoms with Gasteiger partial charge in [0.2, 0.25) is 0 Å². The number of para-hydroxylation sites is 3. The second-order valence-electron chi connectivity index (χ2n) is 18.1. The normalized spacial score (nSPS) is 11.7. The monoisotopic (exact) mass is 891 g/mol. The Labute approximate surface area is 404 Å². The van der Waals surface area contributed by atoms with E-state index in [1.54, 1.807) is 6.26 Å². The predicted octanol–water partition coefficient (Wildman–Crippen LogP) is 17.7. The first kappa shape index (κ1) is 39.8. The van der Waals surface area contributed by atoms with E-state index in [4.69, 9.17) is 14.4 Å². The van der Waals surface area contributed by atoms with Crippen LogP contribution in [0.2, 0.25) is 0 Å². The lowest BCUT2D eigenvalue weighted by atomic mass is 9.94. The average Bonchev–Trinajstić information content (AvgIpc) is 4.16. The number of nitrogens with zero attached hydrogens (tertiary/aromatic N) is 3. The number of hydrogen-bond donors (Lipinski definition) is 0. The highest BCUT2D eigenvalue weighted by molar-refractivity contribution is 6.25. The van der Waals surface area contributed by atoms with Crippen molar-refractivity contribution >= 4 is 49.1 Å². The quantitative estimate of drug-likeness (QED) is 0.153. The number of fused-ring (bicyclic) bond motifs is 7. The molecule has 0 N–H and O–H groups in total. The van der Waals surface area contributed by atoms with E-state index in [1.807, 2.05) is 18.2 Å². The van der Waals surface area contributed by atoms with Crippen LogP contribution in [0.1, 0.15) is 0 Å². The molecule has 0 amide bonds. The number of rotatable bonds is 8. The summed E-state index contributed by atoms with van der Waals surface area (Å²) >= 11 is 0. The van der Waals surface area contributed by atoms with Crippen LogP contribution in [0.3, 0.4) is 0 Å². The summed E-state index contributed by atoms with van der Waals surface area (Å²) in [5, 5.41) is 6.13. The third-order valence-electron chi connectivity index (χ3n) is 14.0. The lowest BCUT2D eigenvalue weighted by Crippen LogP contribution is -1.96. The molecule has 14 aromatic rings. The Morgan fingerprint density at radius 3 is 1.39 bits per heavy atom. The average molecular weight is 892 g/mol. The van der Waals surface area contributed by atoms with Gasteiger partial charge in [0.05, 0.1) is 34.2 Å². The van der Waals surface area contributed by atoms with Crippen molar-refractivity contribution in [2.75, 3.05) is 0 Å². The standard InChI is InChI=1S/C66H41N3O/c1-3-14-42(15-4-1)60-41-61(43-16-5-2-6-17-43)68-66(67-60)53-26-10-24-50(39-53)48-22-8-20-46(37-48)45-19-7-21-47(36-45)49-23-9-25-51(38-49)54-27-12-30-58-59-31-13-29-57-56-33-32-52(40-62(56)69(63(54)58)64(57)59)55-28-11-18-44-34-35-70-65(44)55/h1-41H. The maximum absolute atomic E-state index is 6.01. The van der Waals surface area contributed by atoms with E-state index >= 15 is 0 Å². The van der Waals surface area contributed by atoms with Crippen LogP contribution < -0.4 is 0 Å². The first-order valence-electron chi connectivity index (χ1n) is 23.8. The molecule has 0 aliphatic carbocycles. The molecule has 0 bridgehead atoms. The van der Waals surface area contributed by atoms with Crippen LogP contribution in [0.5, 0.6) is 0 Å². The molecule has 0 spiro atoms. The van der Waals surface area contributed by atoms with Gasteiger partial charge in [-0.05, 0) is 87.0 Å². The van der Waals surface area contributed by atoms with Gasteiger partial charge in [-0.15, -0.1) is 0 Å². The number of benzene rings is 10. The molecule has 0 saturated carbocycles. The smallest absolute Gasteiger partial charge is 0.160 e. The van der Waals surface area contributed by atoms with Gasteiger partial charge in [-0.2, -0.15) is 0 Å². The lowest BCUT2D eigenvalue weighted by Gasteiger charge is -2.12. The lowest BCUT2D eigenvalue weighted by molar-refractivity contribution is 0.617. The number of hydrogen-bond acceptors (Lipinski definition) is 3. The molecular formula is C66H41N3O. The molecule has 0 unspecified atom stereocenters. The zero-order valence-corrected chi connectivity index (χ0v) is 37.9.